The van der Waals surface area contributed by atoms with Crippen molar-refractivity contribution >= 4 is 97.0 Å². The van der Waals surface area contributed by atoms with Crippen LogP contribution in [0.4, 0.5) is 0 Å². The van der Waals surface area contributed by atoms with Gasteiger partial charge in [-0.1, -0.05) is 194 Å². The molecular weight excluding hydrogens is 841 g/mol. The van der Waals surface area contributed by atoms with E-state index < -0.39 is 0 Å². The summed E-state index contributed by atoms with van der Waals surface area (Å²) in [6.45, 7) is 0. The molecule has 70 heavy (non-hydrogen) atoms. The highest BCUT2D eigenvalue weighted by Gasteiger charge is 2.13. The summed E-state index contributed by atoms with van der Waals surface area (Å²) in [6.07, 6.45) is 0. The third kappa shape index (κ3) is 7.09. The van der Waals surface area contributed by atoms with E-state index in [1.165, 1.54) is 141 Å². The van der Waals surface area contributed by atoms with E-state index in [4.69, 9.17) is 0 Å². The maximum atomic E-state index is 2.35. The molecule has 324 valence electrons. The minimum Gasteiger partial charge on any atom is -0.0616 e. The van der Waals surface area contributed by atoms with Crippen LogP contribution in [0, 0.1) is 0 Å². The molecule has 15 rings (SSSR count). The summed E-state index contributed by atoms with van der Waals surface area (Å²) in [4.78, 5) is 0. The normalized spacial score (nSPS) is 11.7. The van der Waals surface area contributed by atoms with E-state index in [1.807, 2.05) is 0 Å². The van der Waals surface area contributed by atoms with Gasteiger partial charge in [0.05, 0.1) is 0 Å². The number of fused-ring (bicyclic) bond motifs is 6. The van der Waals surface area contributed by atoms with Crippen molar-refractivity contribution in [3.05, 3.63) is 267 Å². The summed E-state index contributed by atoms with van der Waals surface area (Å²) in [5, 5.41) is 23.2. The average molecular weight is 885 g/mol. The molecule has 0 aliphatic heterocycles. The van der Waals surface area contributed by atoms with Crippen molar-refractivity contribution in [2.75, 3.05) is 0 Å². The summed E-state index contributed by atoms with van der Waals surface area (Å²) in [7, 11) is 0. The fourth-order valence-corrected chi connectivity index (χ4v) is 11.0. The third-order valence-electron chi connectivity index (χ3n) is 14.7. The van der Waals surface area contributed by atoms with E-state index in [-0.39, 0.29) is 0 Å². The Labute approximate surface area is 406 Å². The third-order valence-corrected chi connectivity index (χ3v) is 14.7. The van der Waals surface area contributed by atoms with Crippen LogP contribution >= 0.6 is 0 Å². The van der Waals surface area contributed by atoms with Crippen molar-refractivity contribution in [3.63, 3.8) is 0 Å². The number of hydrogen-bond donors (Lipinski definition) is 0. The van der Waals surface area contributed by atoms with Gasteiger partial charge < -0.3 is 0 Å². The molecule has 0 radical (unpaired) electrons. The monoisotopic (exact) mass is 884 g/mol. The minimum atomic E-state index is 1.25. The molecule has 15 aromatic rings. The molecule has 0 amide bonds. The van der Waals surface area contributed by atoms with Crippen molar-refractivity contribution in [1.29, 1.82) is 0 Å². The van der Waals surface area contributed by atoms with Gasteiger partial charge in [0.1, 0.15) is 0 Å². The van der Waals surface area contributed by atoms with Gasteiger partial charge >= 0.3 is 0 Å². The number of hydrogen-bond acceptors (Lipinski definition) is 0. The quantitative estimate of drug-likeness (QED) is 0.122. The molecule has 0 heteroatoms. The minimum absolute atomic E-state index is 1.25. The molecular formula is C70H44. The smallest absolute Gasteiger partial charge is 0.00264 e. The summed E-state index contributed by atoms with van der Waals surface area (Å²) >= 11 is 0. The molecule has 0 bridgehead atoms. The second kappa shape index (κ2) is 16.3. The summed E-state index contributed by atoms with van der Waals surface area (Å²) < 4.78 is 0. The second-order valence-electron chi connectivity index (χ2n) is 18.9. The highest BCUT2D eigenvalue weighted by atomic mass is 14.2. The lowest BCUT2D eigenvalue weighted by molar-refractivity contribution is 1.67. The maximum absolute atomic E-state index is 2.35. The fraction of sp³-hybridized carbons (Fsp3) is 0. The van der Waals surface area contributed by atoms with Crippen molar-refractivity contribution in [3.8, 4) is 44.5 Å². The molecule has 0 aliphatic rings. The van der Waals surface area contributed by atoms with Crippen LogP contribution in [-0.2, 0) is 0 Å². The first-order valence-electron chi connectivity index (χ1n) is 24.3. The van der Waals surface area contributed by atoms with Crippen LogP contribution in [0.2, 0.25) is 0 Å². The van der Waals surface area contributed by atoms with Crippen LogP contribution < -0.4 is 0 Å². The molecule has 0 fully saturated rings. The van der Waals surface area contributed by atoms with Gasteiger partial charge in [0.25, 0.3) is 0 Å². The standard InChI is InChI=1S/C36H22.C34H22/c1-3-7-25-17-27(11-9-23(25)5-1)33-19-29-13-15-31-21-34(22-32-16-14-30(20-33)35(29)36(31)32)28-12-10-24-6-2-4-8-26(24)18-28;1-3-7-25-17-27(11-9-23(25)5-1)29-13-15-31-22-34-20-30(14-16-32(34)21-33(31)19-29)28-12-10-24-6-2-4-8-26(24)18-28/h1-22H;1-22H. The first-order chi connectivity index (χ1) is 34.6. The molecule has 0 saturated carbocycles. The van der Waals surface area contributed by atoms with Crippen LogP contribution in [0.5, 0.6) is 0 Å². The van der Waals surface area contributed by atoms with Crippen LogP contribution in [0.25, 0.3) is 141 Å². The molecule has 0 atom stereocenters. The maximum Gasteiger partial charge on any atom is -0.00264 e. The Morgan fingerprint density at radius 1 is 0.114 bits per heavy atom. The van der Waals surface area contributed by atoms with E-state index in [9.17, 15) is 0 Å². The molecule has 0 aromatic heterocycles. The predicted molar refractivity (Wildman–Crippen MR) is 303 cm³/mol. The number of benzene rings is 15. The van der Waals surface area contributed by atoms with Crippen molar-refractivity contribution in [1.82, 2.24) is 0 Å². The molecule has 0 saturated heterocycles. The first kappa shape index (κ1) is 40.0. The first-order valence-corrected chi connectivity index (χ1v) is 24.3. The van der Waals surface area contributed by atoms with E-state index in [0.717, 1.165) is 0 Å². The molecule has 15 aromatic carbocycles. The van der Waals surface area contributed by atoms with Gasteiger partial charge in [0.15, 0.2) is 0 Å². The summed E-state index contributed by atoms with van der Waals surface area (Å²) in [5.41, 5.74) is 10.1. The summed E-state index contributed by atoms with van der Waals surface area (Å²) in [6, 6.07) is 98.0. The van der Waals surface area contributed by atoms with Crippen molar-refractivity contribution < 1.29 is 0 Å². The zero-order chi connectivity index (χ0) is 46.1. The van der Waals surface area contributed by atoms with Gasteiger partial charge in [-0.25, -0.2) is 0 Å². The van der Waals surface area contributed by atoms with Gasteiger partial charge in [0, 0.05) is 0 Å². The molecule has 0 heterocycles. The molecule has 0 nitrogen and oxygen atoms in total. The second-order valence-corrected chi connectivity index (χ2v) is 18.9. The van der Waals surface area contributed by atoms with E-state index in [0.29, 0.717) is 0 Å². The highest BCUT2D eigenvalue weighted by molar-refractivity contribution is 6.24. The van der Waals surface area contributed by atoms with Crippen molar-refractivity contribution in [2.45, 2.75) is 0 Å². The molecule has 0 aliphatic carbocycles. The Bertz CT molecular complexity index is 4180. The van der Waals surface area contributed by atoms with Crippen molar-refractivity contribution in [2.24, 2.45) is 0 Å². The zero-order valence-electron chi connectivity index (χ0n) is 38.4. The fourth-order valence-electron chi connectivity index (χ4n) is 11.0. The Hall–Kier alpha value is -9.10. The van der Waals surface area contributed by atoms with Crippen LogP contribution in [0.3, 0.4) is 0 Å². The Morgan fingerprint density at radius 2 is 0.300 bits per heavy atom. The Balaban J connectivity index is 0.000000131. The van der Waals surface area contributed by atoms with Crippen LogP contribution in [0.1, 0.15) is 0 Å². The SMILES string of the molecule is c1ccc2cc(-c3cc4ccc5cc(-c6ccc7ccccc7c6)cc6ccc(c3)c4c56)ccc2c1.c1ccc2cc(-c3ccc4cc5cc(-c6ccc7ccccc7c6)ccc5cc4c3)ccc2c1. The van der Waals surface area contributed by atoms with E-state index >= 15 is 0 Å². The summed E-state index contributed by atoms with van der Waals surface area (Å²) in [5.74, 6) is 0. The largest absolute Gasteiger partial charge is 0.0616 e. The van der Waals surface area contributed by atoms with Gasteiger partial charge in [-0.2, -0.15) is 0 Å². The highest BCUT2D eigenvalue weighted by Crippen LogP contribution is 2.41. The lowest BCUT2D eigenvalue weighted by Crippen LogP contribution is -1.88. The molecule has 0 spiro atoms. The van der Waals surface area contributed by atoms with Gasteiger partial charge in [-0.15, -0.1) is 0 Å². The van der Waals surface area contributed by atoms with Gasteiger partial charge in [-0.05, 0) is 214 Å². The van der Waals surface area contributed by atoms with Crippen LogP contribution in [0.15, 0.2) is 267 Å². The Morgan fingerprint density at radius 3 is 0.586 bits per heavy atom. The lowest BCUT2D eigenvalue weighted by Gasteiger charge is -2.15. The topological polar surface area (TPSA) is 0 Å². The van der Waals surface area contributed by atoms with Gasteiger partial charge in [0.2, 0.25) is 0 Å². The molecule has 0 unspecified atom stereocenters. The van der Waals surface area contributed by atoms with E-state index in [1.54, 1.807) is 0 Å². The zero-order valence-corrected chi connectivity index (χ0v) is 38.4. The average Bonchev–Trinajstić information content (AvgIpc) is 3.43. The number of rotatable bonds is 4. The van der Waals surface area contributed by atoms with E-state index in [2.05, 4.69) is 267 Å². The lowest BCUT2D eigenvalue weighted by atomic mass is 9.89. The molecule has 0 N–H and O–H groups in total. The Kier molecular flexibility index (Phi) is 9.32. The predicted octanol–water partition coefficient (Wildman–Crippen LogP) is 19.9. The van der Waals surface area contributed by atoms with Gasteiger partial charge in [-0.3, -0.25) is 0 Å². The van der Waals surface area contributed by atoms with Crippen LogP contribution in [-0.4, -0.2) is 0 Å².